The Morgan fingerprint density at radius 3 is 2.79 bits per heavy atom. The first-order chi connectivity index (χ1) is 16.5. The minimum Gasteiger partial charge on any atom is -0.471 e. The minimum atomic E-state index is -0.521. The van der Waals surface area contributed by atoms with Gasteiger partial charge in [-0.25, -0.2) is 9.07 Å². The van der Waals surface area contributed by atoms with Gasteiger partial charge in [0.25, 0.3) is 5.91 Å². The number of nitrogens with zero attached hydrogens (tertiary/aromatic N) is 4. The molecule has 0 saturated carbocycles. The number of anilines is 1. The van der Waals surface area contributed by atoms with Crippen LogP contribution in [0.5, 0.6) is 5.75 Å². The molecule has 0 aliphatic heterocycles. The number of amides is 1. The second-order valence-electron chi connectivity index (χ2n) is 7.61. The summed E-state index contributed by atoms with van der Waals surface area (Å²) in [6.45, 7) is 0.620. The highest BCUT2D eigenvalue weighted by Gasteiger charge is 2.12. The van der Waals surface area contributed by atoms with Crippen molar-refractivity contribution >= 4 is 34.0 Å². The van der Waals surface area contributed by atoms with E-state index in [1.165, 1.54) is 33.7 Å². The molecule has 0 fully saturated rings. The van der Waals surface area contributed by atoms with Gasteiger partial charge in [0, 0.05) is 18.5 Å². The Balaban J connectivity index is 1.21. The predicted octanol–water partition coefficient (Wildman–Crippen LogP) is 5.36. The summed E-state index contributed by atoms with van der Waals surface area (Å²) in [7, 11) is 0. The Hall–Kier alpha value is -4.17. The average Bonchev–Trinajstić information content (AvgIpc) is 3.50. The Labute approximate surface area is 199 Å². The van der Waals surface area contributed by atoms with Crippen molar-refractivity contribution in [3.8, 4) is 5.75 Å². The maximum absolute atomic E-state index is 13.3. The molecule has 2 aromatic heterocycles. The third kappa shape index (κ3) is 4.77. The Bertz CT molecular complexity index is 1470. The summed E-state index contributed by atoms with van der Waals surface area (Å²) in [5, 5.41) is 13.7. The van der Waals surface area contributed by atoms with Crippen LogP contribution in [0.4, 0.5) is 10.1 Å². The molecule has 0 aliphatic carbocycles. The Morgan fingerprint density at radius 1 is 1.06 bits per heavy atom. The van der Waals surface area contributed by atoms with Crippen molar-refractivity contribution < 1.29 is 13.9 Å². The van der Waals surface area contributed by atoms with Crippen LogP contribution in [-0.2, 0) is 13.3 Å². The molecule has 5 aromatic rings. The van der Waals surface area contributed by atoms with Crippen LogP contribution < -0.4 is 10.1 Å². The molecule has 0 aliphatic rings. The highest BCUT2D eigenvalue weighted by molar-refractivity contribution is 6.30. The highest BCUT2D eigenvalue weighted by atomic mass is 35.5. The van der Waals surface area contributed by atoms with Crippen LogP contribution in [0.3, 0.4) is 0 Å². The van der Waals surface area contributed by atoms with E-state index in [-0.39, 0.29) is 23.4 Å². The van der Waals surface area contributed by atoms with Crippen LogP contribution in [0.2, 0.25) is 5.02 Å². The van der Waals surface area contributed by atoms with Crippen molar-refractivity contribution in [2.75, 3.05) is 5.32 Å². The minimum absolute atomic E-state index is 0.0287. The first kappa shape index (κ1) is 21.7. The molecule has 0 spiro atoms. The van der Waals surface area contributed by atoms with E-state index in [2.05, 4.69) is 39.8 Å². The molecule has 0 radical (unpaired) electrons. The summed E-state index contributed by atoms with van der Waals surface area (Å²) in [4.78, 5) is 12.6. The van der Waals surface area contributed by atoms with E-state index in [4.69, 9.17) is 16.3 Å². The van der Waals surface area contributed by atoms with Crippen molar-refractivity contribution in [3.05, 3.63) is 107 Å². The molecule has 0 saturated heterocycles. The zero-order chi connectivity index (χ0) is 23.5. The van der Waals surface area contributed by atoms with E-state index in [0.29, 0.717) is 18.0 Å². The lowest BCUT2D eigenvalue weighted by molar-refractivity contribution is 0.102. The van der Waals surface area contributed by atoms with E-state index in [0.717, 1.165) is 5.56 Å². The van der Waals surface area contributed by atoms with E-state index >= 15 is 0 Å². The van der Waals surface area contributed by atoms with Crippen LogP contribution in [0, 0.1) is 5.82 Å². The molecule has 0 unspecified atom stereocenters. The molecule has 34 heavy (non-hydrogen) atoms. The number of carbonyl (C=O) groups is 1. The number of nitrogens with one attached hydrogen (secondary N) is 1. The van der Waals surface area contributed by atoms with E-state index in [1.807, 2.05) is 18.2 Å². The highest BCUT2D eigenvalue weighted by Crippen LogP contribution is 2.22. The zero-order valence-electron chi connectivity index (χ0n) is 17.9. The number of carbonyl (C=O) groups excluding carboxylic acids is 1. The summed E-state index contributed by atoms with van der Waals surface area (Å²) in [5.74, 6) is -0.493. The van der Waals surface area contributed by atoms with Gasteiger partial charge in [0.15, 0.2) is 12.4 Å². The van der Waals surface area contributed by atoms with Crippen LogP contribution in [0.15, 0.2) is 85.3 Å². The quantitative estimate of drug-likeness (QED) is 0.344. The van der Waals surface area contributed by atoms with Gasteiger partial charge in [-0.15, -0.1) is 0 Å². The van der Waals surface area contributed by atoms with Gasteiger partial charge in [0.2, 0.25) is 0 Å². The van der Waals surface area contributed by atoms with Gasteiger partial charge in [-0.1, -0.05) is 54.1 Å². The summed E-state index contributed by atoms with van der Waals surface area (Å²) in [5.41, 5.74) is 1.93. The number of fused-ring (bicyclic) bond motifs is 1. The number of halogens is 2. The SMILES string of the molecule is O=C(Nc1cnn(Cc2cccc3ccccc23)c1)c1ccn(COc2ccc(F)c(Cl)c2)n1. The second kappa shape index (κ2) is 9.36. The van der Waals surface area contributed by atoms with E-state index in [9.17, 15) is 9.18 Å². The largest absolute Gasteiger partial charge is 0.471 e. The Kier molecular flexibility index (Phi) is 5.97. The smallest absolute Gasteiger partial charge is 0.276 e. The molecule has 9 heteroatoms. The zero-order valence-corrected chi connectivity index (χ0v) is 18.6. The maximum atomic E-state index is 13.3. The monoisotopic (exact) mass is 475 g/mol. The fraction of sp³-hybridized carbons (Fsp3) is 0.0800. The molecular formula is C25H19ClFN5O2. The third-order valence-corrected chi connectivity index (χ3v) is 5.52. The summed E-state index contributed by atoms with van der Waals surface area (Å²) >= 11 is 5.75. The number of ether oxygens (including phenoxy) is 1. The number of hydrogen-bond donors (Lipinski definition) is 1. The first-order valence-electron chi connectivity index (χ1n) is 10.5. The van der Waals surface area contributed by atoms with Gasteiger partial charge in [-0.2, -0.15) is 10.2 Å². The lowest BCUT2D eigenvalue weighted by atomic mass is 10.0. The third-order valence-electron chi connectivity index (χ3n) is 5.23. The molecule has 170 valence electrons. The summed E-state index contributed by atoms with van der Waals surface area (Å²) in [6.07, 6.45) is 4.99. The van der Waals surface area contributed by atoms with Crippen LogP contribution >= 0.6 is 11.6 Å². The van der Waals surface area contributed by atoms with Crippen LogP contribution in [-0.4, -0.2) is 25.5 Å². The second-order valence-corrected chi connectivity index (χ2v) is 8.02. The molecule has 5 rings (SSSR count). The Morgan fingerprint density at radius 2 is 1.91 bits per heavy atom. The van der Waals surface area contributed by atoms with Crippen molar-refractivity contribution in [2.24, 2.45) is 0 Å². The summed E-state index contributed by atoms with van der Waals surface area (Å²) < 4.78 is 22.0. The van der Waals surface area contributed by atoms with Crippen LogP contribution in [0.1, 0.15) is 16.1 Å². The van der Waals surface area contributed by atoms with Crippen molar-refractivity contribution in [1.82, 2.24) is 19.6 Å². The van der Waals surface area contributed by atoms with Crippen molar-refractivity contribution in [1.29, 1.82) is 0 Å². The first-order valence-corrected chi connectivity index (χ1v) is 10.8. The lowest BCUT2D eigenvalue weighted by Crippen LogP contribution is -2.14. The van der Waals surface area contributed by atoms with Gasteiger partial charge >= 0.3 is 0 Å². The standard InChI is InChI=1S/C25H19ClFN5O2/c26-22-12-20(8-9-23(22)27)34-16-31-11-10-24(30-31)25(33)29-19-13-28-32(15-19)14-18-6-3-5-17-4-1-2-7-21(17)18/h1-13,15H,14,16H2,(H,29,33). The number of benzene rings is 3. The number of aromatic nitrogens is 4. The summed E-state index contributed by atoms with van der Waals surface area (Å²) in [6, 6.07) is 20.0. The van der Waals surface area contributed by atoms with Crippen molar-refractivity contribution in [2.45, 2.75) is 13.3 Å². The van der Waals surface area contributed by atoms with E-state index in [1.54, 1.807) is 29.3 Å². The van der Waals surface area contributed by atoms with Gasteiger partial charge in [0.05, 0.1) is 23.5 Å². The fourth-order valence-corrected chi connectivity index (χ4v) is 3.75. The van der Waals surface area contributed by atoms with Gasteiger partial charge in [-0.05, 0) is 34.5 Å². The normalized spacial score (nSPS) is 11.0. The topological polar surface area (TPSA) is 74.0 Å². The van der Waals surface area contributed by atoms with Gasteiger partial charge in [0.1, 0.15) is 11.6 Å². The fourth-order valence-electron chi connectivity index (χ4n) is 3.58. The van der Waals surface area contributed by atoms with Gasteiger partial charge < -0.3 is 10.1 Å². The average molecular weight is 476 g/mol. The molecule has 0 atom stereocenters. The molecular weight excluding hydrogens is 457 g/mol. The molecule has 1 N–H and O–H groups in total. The molecule has 0 bridgehead atoms. The maximum Gasteiger partial charge on any atom is 0.276 e. The van der Waals surface area contributed by atoms with E-state index < -0.39 is 5.82 Å². The predicted molar refractivity (Wildman–Crippen MR) is 127 cm³/mol. The lowest BCUT2D eigenvalue weighted by Gasteiger charge is -2.07. The molecule has 1 amide bonds. The van der Waals surface area contributed by atoms with Gasteiger partial charge in [-0.3, -0.25) is 9.48 Å². The molecule has 3 aromatic carbocycles. The number of hydrogen-bond acceptors (Lipinski definition) is 4. The molecule has 2 heterocycles. The van der Waals surface area contributed by atoms with Crippen molar-refractivity contribution in [3.63, 3.8) is 0 Å². The number of rotatable bonds is 7. The van der Waals surface area contributed by atoms with Crippen LogP contribution in [0.25, 0.3) is 10.8 Å². The molecule has 7 nitrogen and oxygen atoms in total.